The molecule has 0 aromatic heterocycles. The van der Waals surface area contributed by atoms with Crippen molar-refractivity contribution in [1.82, 2.24) is 0 Å². The summed E-state index contributed by atoms with van der Waals surface area (Å²) >= 11 is 12.0. The van der Waals surface area contributed by atoms with E-state index >= 15 is 0 Å². The molecule has 6 heteroatoms. The van der Waals surface area contributed by atoms with Crippen molar-refractivity contribution >= 4 is 51.9 Å². The molecule has 26 heavy (non-hydrogen) atoms. The van der Waals surface area contributed by atoms with Gasteiger partial charge in [0.05, 0.1) is 21.4 Å². The SMILES string of the molecule is O=C1/C(=N\c2ccc(Cl)c(Cl)c2)c2ccccc2N1c1ccc(O)cc1. The third-order valence-electron chi connectivity index (χ3n) is 4.06. The van der Waals surface area contributed by atoms with Crippen LogP contribution >= 0.6 is 23.2 Å². The van der Waals surface area contributed by atoms with E-state index in [2.05, 4.69) is 4.99 Å². The lowest BCUT2D eigenvalue weighted by molar-refractivity contribution is -0.111. The van der Waals surface area contributed by atoms with Crippen LogP contribution < -0.4 is 4.90 Å². The van der Waals surface area contributed by atoms with Gasteiger partial charge in [0.1, 0.15) is 11.5 Å². The minimum Gasteiger partial charge on any atom is -0.508 e. The van der Waals surface area contributed by atoms with E-state index in [1.807, 2.05) is 24.3 Å². The number of nitrogens with zero attached hydrogens (tertiary/aromatic N) is 2. The van der Waals surface area contributed by atoms with Crippen LogP contribution in [0.25, 0.3) is 0 Å². The Hall–Kier alpha value is -2.82. The van der Waals surface area contributed by atoms with E-state index in [0.29, 0.717) is 27.1 Å². The molecule has 1 heterocycles. The van der Waals surface area contributed by atoms with Gasteiger partial charge in [0.2, 0.25) is 0 Å². The van der Waals surface area contributed by atoms with Crippen LogP contribution in [0.4, 0.5) is 17.1 Å². The van der Waals surface area contributed by atoms with E-state index in [-0.39, 0.29) is 11.7 Å². The fourth-order valence-electron chi connectivity index (χ4n) is 2.85. The van der Waals surface area contributed by atoms with Crippen molar-refractivity contribution in [3.05, 3.63) is 82.3 Å². The fraction of sp³-hybridized carbons (Fsp3) is 0. The summed E-state index contributed by atoms with van der Waals surface area (Å²) in [6, 6.07) is 18.9. The van der Waals surface area contributed by atoms with Gasteiger partial charge < -0.3 is 5.11 Å². The number of benzene rings is 3. The number of hydrogen-bond donors (Lipinski definition) is 1. The highest BCUT2D eigenvalue weighted by molar-refractivity contribution is 6.56. The summed E-state index contributed by atoms with van der Waals surface area (Å²) in [4.78, 5) is 19.2. The molecule has 0 spiro atoms. The van der Waals surface area contributed by atoms with Crippen LogP contribution in [0.3, 0.4) is 0 Å². The van der Waals surface area contributed by atoms with Gasteiger partial charge in [0.25, 0.3) is 5.91 Å². The molecule has 0 saturated heterocycles. The minimum atomic E-state index is -0.247. The van der Waals surface area contributed by atoms with E-state index in [9.17, 15) is 9.90 Å². The molecule has 3 aromatic rings. The molecule has 3 aromatic carbocycles. The number of aliphatic imine (C=N–C) groups is 1. The lowest BCUT2D eigenvalue weighted by Crippen LogP contribution is -2.25. The highest BCUT2D eigenvalue weighted by Gasteiger charge is 2.34. The Morgan fingerprint density at radius 2 is 1.62 bits per heavy atom. The zero-order chi connectivity index (χ0) is 18.3. The lowest BCUT2D eigenvalue weighted by atomic mass is 10.1. The van der Waals surface area contributed by atoms with Gasteiger partial charge in [-0.15, -0.1) is 0 Å². The van der Waals surface area contributed by atoms with E-state index < -0.39 is 0 Å². The highest BCUT2D eigenvalue weighted by atomic mass is 35.5. The molecular formula is C20H12Cl2N2O2. The number of fused-ring (bicyclic) bond motifs is 1. The second-order valence-electron chi connectivity index (χ2n) is 5.73. The lowest BCUT2D eigenvalue weighted by Gasteiger charge is -2.16. The third-order valence-corrected chi connectivity index (χ3v) is 4.80. The number of halogens is 2. The van der Waals surface area contributed by atoms with Crippen LogP contribution in [0.5, 0.6) is 5.75 Å². The van der Waals surface area contributed by atoms with Crippen molar-refractivity contribution in [1.29, 1.82) is 0 Å². The molecule has 0 bridgehead atoms. The van der Waals surface area contributed by atoms with Crippen molar-refractivity contribution in [2.45, 2.75) is 0 Å². The molecule has 128 valence electrons. The number of para-hydroxylation sites is 1. The van der Waals surface area contributed by atoms with Crippen LogP contribution in [0.2, 0.25) is 10.0 Å². The highest BCUT2D eigenvalue weighted by Crippen LogP contribution is 2.37. The van der Waals surface area contributed by atoms with Gasteiger partial charge in [-0.25, -0.2) is 4.99 Å². The van der Waals surface area contributed by atoms with Crippen LogP contribution in [-0.4, -0.2) is 16.7 Å². The average molecular weight is 383 g/mol. The topological polar surface area (TPSA) is 52.9 Å². The summed E-state index contributed by atoms with van der Waals surface area (Å²) in [7, 11) is 0. The van der Waals surface area contributed by atoms with E-state index in [1.54, 1.807) is 47.4 Å². The number of rotatable bonds is 2. The van der Waals surface area contributed by atoms with Gasteiger partial charge in [0, 0.05) is 11.3 Å². The Balaban J connectivity index is 1.84. The zero-order valence-corrected chi connectivity index (χ0v) is 14.9. The number of amides is 1. The van der Waals surface area contributed by atoms with Gasteiger partial charge in [-0.1, -0.05) is 41.4 Å². The molecule has 1 N–H and O–H groups in total. The molecule has 1 aliphatic rings. The van der Waals surface area contributed by atoms with Gasteiger partial charge in [0.15, 0.2) is 0 Å². The molecular weight excluding hydrogens is 371 g/mol. The molecule has 0 unspecified atom stereocenters. The van der Waals surface area contributed by atoms with Crippen molar-refractivity contribution in [2.75, 3.05) is 4.90 Å². The summed E-state index contributed by atoms with van der Waals surface area (Å²) in [6.45, 7) is 0. The quantitative estimate of drug-likeness (QED) is 0.636. The standard InChI is InChI=1S/C20H12Cl2N2O2/c21-16-10-5-12(11-17(16)22)23-19-15-3-1-2-4-18(15)24(20(19)26)13-6-8-14(25)9-7-13/h1-11,25H/b23-19-. The Morgan fingerprint density at radius 1 is 0.885 bits per heavy atom. The first-order valence-electron chi connectivity index (χ1n) is 7.81. The number of phenolic OH excluding ortho intramolecular Hbond substituents is 1. The first kappa shape index (κ1) is 16.6. The maximum Gasteiger partial charge on any atom is 0.282 e. The number of anilines is 2. The summed E-state index contributed by atoms with van der Waals surface area (Å²) in [6.07, 6.45) is 0. The molecule has 0 aliphatic carbocycles. The van der Waals surface area contributed by atoms with Gasteiger partial charge in [-0.2, -0.15) is 0 Å². The molecule has 1 amide bonds. The van der Waals surface area contributed by atoms with Gasteiger partial charge in [-0.05, 0) is 48.5 Å². The summed E-state index contributed by atoms with van der Waals surface area (Å²) in [5, 5.41) is 10.3. The number of hydrogen-bond acceptors (Lipinski definition) is 3. The predicted molar refractivity (Wildman–Crippen MR) is 104 cm³/mol. The van der Waals surface area contributed by atoms with Crippen molar-refractivity contribution in [3.63, 3.8) is 0 Å². The first-order valence-corrected chi connectivity index (χ1v) is 8.57. The molecule has 0 atom stereocenters. The summed E-state index contributed by atoms with van der Waals surface area (Å²) < 4.78 is 0. The van der Waals surface area contributed by atoms with Crippen molar-refractivity contribution in [2.24, 2.45) is 4.99 Å². The predicted octanol–water partition coefficient (Wildman–Crippen LogP) is 5.50. The van der Waals surface area contributed by atoms with Crippen LogP contribution in [0.15, 0.2) is 71.7 Å². The third kappa shape index (κ3) is 2.83. The smallest absolute Gasteiger partial charge is 0.282 e. The average Bonchev–Trinajstić information content (AvgIpc) is 2.91. The number of carbonyl (C=O) groups excluding carboxylic acids is 1. The first-order chi connectivity index (χ1) is 12.5. The normalized spacial score (nSPS) is 14.8. The zero-order valence-electron chi connectivity index (χ0n) is 13.4. The Morgan fingerprint density at radius 3 is 2.35 bits per heavy atom. The summed E-state index contributed by atoms with van der Waals surface area (Å²) in [5.74, 6) is -0.110. The van der Waals surface area contributed by atoms with Crippen LogP contribution in [-0.2, 0) is 4.79 Å². The number of aromatic hydroxyl groups is 1. The fourth-order valence-corrected chi connectivity index (χ4v) is 3.14. The molecule has 0 fully saturated rings. The largest absolute Gasteiger partial charge is 0.508 e. The maximum atomic E-state index is 13.1. The summed E-state index contributed by atoms with van der Waals surface area (Å²) in [5.41, 5.74) is 3.00. The number of carbonyl (C=O) groups is 1. The van der Waals surface area contributed by atoms with Gasteiger partial charge in [-0.3, -0.25) is 9.69 Å². The molecule has 4 rings (SSSR count). The van der Waals surface area contributed by atoms with Crippen LogP contribution in [0, 0.1) is 0 Å². The van der Waals surface area contributed by atoms with E-state index in [0.717, 1.165) is 11.3 Å². The van der Waals surface area contributed by atoms with E-state index in [4.69, 9.17) is 23.2 Å². The molecule has 1 aliphatic heterocycles. The Labute approximate surface area is 159 Å². The maximum absolute atomic E-state index is 13.1. The van der Waals surface area contributed by atoms with Crippen molar-refractivity contribution < 1.29 is 9.90 Å². The second-order valence-corrected chi connectivity index (χ2v) is 6.55. The Kier molecular flexibility index (Phi) is 4.15. The second kappa shape index (κ2) is 6.48. The van der Waals surface area contributed by atoms with Crippen molar-refractivity contribution in [3.8, 4) is 5.75 Å². The van der Waals surface area contributed by atoms with E-state index in [1.165, 1.54) is 0 Å². The molecule has 0 radical (unpaired) electrons. The van der Waals surface area contributed by atoms with Crippen LogP contribution in [0.1, 0.15) is 5.56 Å². The molecule has 4 nitrogen and oxygen atoms in total. The number of phenols is 1. The molecule has 0 saturated carbocycles. The minimum absolute atomic E-state index is 0.137. The van der Waals surface area contributed by atoms with Gasteiger partial charge >= 0.3 is 0 Å². The monoisotopic (exact) mass is 382 g/mol. The Bertz CT molecular complexity index is 1050.